The van der Waals surface area contributed by atoms with Crippen LogP contribution in [0.4, 0.5) is 24.5 Å². The van der Waals surface area contributed by atoms with Crippen molar-refractivity contribution in [3.05, 3.63) is 77.7 Å². The maximum absolute atomic E-state index is 13.7. The first kappa shape index (κ1) is 27.6. The van der Waals surface area contributed by atoms with Gasteiger partial charge in [0.1, 0.15) is 11.4 Å². The fraction of sp³-hybridized carbons (Fsp3) is 0.259. The zero-order valence-corrected chi connectivity index (χ0v) is 21.9. The highest BCUT2D eigenvalue weighted by atomic mass is 19.4. The van der Waals surface area contributed by atoms with Crippen molar-refractivity contribution in [3.63, 3.8) is 0 Å². The van der Waals surface area contributed by atoms with Crippen molar-refractivity contribution in [1.82, 2.24) is 24.9 Å². The molecule has 4 rings (SSSR count). The highest BCUT2D eigenvalue weighted by Crippen LogP contribution is 2.36. The molecule has 2 aromatic heterocycles. The lowest BCUT2D eigenvalue weighted by Gasteiger charge is -2.18. The number of alkyl halides is 3. The van der Waals surface area contributed by atoms with Gasteiger partial charge in [-0.25, -0.2) is 4.68 Å². The van der Waals surface area contributed by atoms with Gasteiger partial charge in [-0.2, -0.15) is 13.2 Å². The van der Waals surface area contributed by atoms with E-state index in [9.17, 15) is 18.0 Å². The first-order chi connectivity index (χ1) is 18.5. The van der Waals surface area contributed by atoms with E-state index in [1.54, 1.807) is 50.0 Å². The lowest BCUT2D eigenvalue weighted by Crippen LogP contribution is -2.22. The minimum atomic E-state index is -4.60. The van der Waals surface area contributed by atoms with Crippen LogP contribution in [0.15, 0.2) is 61.1 Å². The molecule has 2 N–H and O–H groups in total. The number of rotatable bonds is 9. The Morgan fingerprint density at radius 2 is 1.90 bits per heavy atom. The highest BCUT2D eigenvalue weighted by molar-refractivity contribution is 6.04. The van der Waals surface area contributed by atoms with E-state index in [0.717, 1.165) is 11.6 Å². The molecule has 2 aromatic carbocycles. The second kappa shape index (κ2) is 11.5. The number of ether oxygens (including phenoxy) is 1. The summed E-state index contributed by atoms with van der Waals surface area (Å²) in [7, 11) is 5.21. The molecule has 1 amide bonds. The number of likely N-dealkylation sites (N-methyl/N-ethyl adjacent to an activating group) is 1. The number of aromatic nitrogens is 4. The number of pyridine rings is 1. The van der Waals surface area contributed by atoms with Crippen LogP contribution in [-0.2, 0) is 6.18 Å². The molecule has 204 valence electrons. The van der Waals surface area contributed by atoms with Gasteiger partial charge < -0.3 is 20.3 Å². The van der Waals surface area contributed by atoms with Gasteiger partial charge in [-0.05, 0) is 63.0 Å². The van der Waals surface area contributed by atoms with Crippen molar-refractivity contribution in [1.29, 1.82) is 0 Å². The van der Waals surface area contributed by atoms with Crippen molar-refractivity contribution in [2.75, 3.05) is 44.9 Å². The fourth-order valence-electron chi connectivity index (χ4n) is 3.81. The summed E-state index contributed by atoms with van der Waals surface area (Å²) in [6.45, 7) is 2.75. The minimum Gasteiger partial charge on any atom is -0.495 e. The van der Waals surface area contributed by atoms with Crippen LogP contribution in [0.25, 0.3) is 16.9 Å². The van der Waals surface area contributed by atoms with Gasteiger partial charge in [0.25, 0.3) is 5.91 Å². The van der Waals surface area contributed by atoms with Crippen molar-refractivity contribution in [3.8, 4) is 22.7 Å². The molecule has 9 nitrogen and oxygen atoms in total. The minimum absolute atomic E-state index is 0.0289. The largest absolute Gasteiger partial charge is 0.495 e. The van der Waals surface area contributed by atoms with Crippen molar-refractivity contribution in [2.45, 2.75) is 13.1 Å². The molecule has 0 aliphatic heterocycles. The summed E-state index contributed by atoms with van der Waals surface area (Å²) in [5, 5.41) is 13.8. The van der Waals surface area contributed by atoms with E-state index < -0.39 is 17.6 Å². The number of nitrogens with zero attached hydrogens (tertiary/aromatic N) is 5. The molecule has 0 radical (unpaired) electrons. The predicted octanol–water partition coefficient (Wildman–Crippen LogP) is 4.89. The normalized spacial score (nSPS) is 11.5. The maximum atomic E-state index is 13.7. The molecule has 0 aliphatic rings. The van der Waals surface area contributed by atoms with Crippen LogP contribution in [0.5, 0.6) is 5.75 Å². The summed E-state index contributed by atoms with van der Waals surface area (Å²) in [5.41, 5.74) is 2.03. The van der Waals surface area contributed by atoms with E-state index in [-0.39, 0.29) is 16.9 Å². The summed E-state index contributed by atoms with van der Waals surface area (Å²) in [4.78, 5) is 19.0. The third kappa shape index (κ3) is 6.71. The molecule has 0 atom stereocenters. The molecule has 4 aromatic rings. The van der Waals surface area contributed by atoms with E-state index in [2.05, 4.69) is 25.9 Å². The number of anilines is 2. The number of carbonyl (C=O) groups excluding carboxylic acids is 1. The number of halogens is 3. The molecule has 12 heteroatoms. The predicted molar refractivity (Wildman–Crippen MR) is 142 cm³/mol. The Hall–Kier alpha value is -4.45. The Kier molecular flexibility index (Phi) is 8.15. The third-order valence-electron chi connectivity index (χ3n) is 5.91. The van der Waals surface area contributed by atoms with Crippen LogP contribution >= 0.6 is 0 Å². The molecule has 0 spiro atoms. The Balaban J connectivity index is 1.56. The van der Waals surface area contributed by atoms with Crippen LogP contribution in [0.3, 0.4) is 0 Å². The molecule has 2 heterocycles. The van der Waals surface area contributed by atoms with Crippen molar-refractivity contribution < 1.29 is 22.7 Å². The van der Waals surface area contributed by atoms with Crippen LogP contribution in [0.2, 0.25) is 0 Å². The molecule has 0 saturated carbocycles. The number of hydrogen-bond acceptors (Lipinski definition) is 7. The quantitative estimate of drug-likeness (QED) is 0.313. The van der Waals surface area contributed by atoms with Crippen LogP contribution in [0, 0.1) is 6.92 Å². The van der Waals surface area contributed by atoms with Gasteiger partial charge in [-0.15, -0.1) is 5.10 Å². The van der Waals surface area contributed by atoms with Crippen molar-refractivity contribution in [2.24, 2.45) is 0 Å². The van der Waals surface area contributed by atoms with Gasteiger partial charge in [0.05, 0.1) is 30.8 Å². The number of methoxy groups -OCH3 is 1. The maximum Gasteiger partial charge on any atom is 0.418 e. The summed E-state index contributed by atoms with van der Waals surface area (Å²) in [6, 6.07) is 10.4. The first-order valence-electron chi connectivity index (χ1n) is 12.0. The molecular weight excluding hydrogens is 511 g/mol. The van der Waals surface area contributed by atoms with E-state index in [4.69, 9.17) is 4.74 Å². The number of carbonyl (C=O) groups is 1. The molecule has 0 saturated heterocycles. The Morgan fingerprint density at radius 1 is 1.10 bits per heavy atom. The first-order valence-corrected chi connectivity index (χ1v) is 12.0. The molecule has 0 unspecified atom stereocenters. The van der Waals surface area contributed by atoms with E-state index in [1.807, 2.05) is 25.9 Å². The van der Waals surface area contributed by atoms with Gasteiger partial charge in [0.15, 0.2) is 0 Å². The standard InChI is InChI=1S/C27H28F3N7O2/c1-17-5-6-18(12-25(17)37-16-24(34-35-37)19-11-21(39-4)15-31-14-19)26(38)33-20-7-8-23(32-9-10-36(2)3)22(13-20)27(28,29)30/h5-8,11-16,32H,9-10H2,1-4H3,(H,33,38). The molecule has 39 heavy (non-hydrogen) atoms. The number of benzene rings is 2. The zero-order valence-electron chi connectivity index (χ0n) is 21.9. The molecule has 0 fully saturated rings. The Bertz CT molecular complexity index is 1470. The average molecular weight is 540 g/mol. The Morgan fingerprint density at radius 3 is 2.62 bits per heavy atom. The van der Waals surface area contributed by atoms with E-state index >= 15 is 0 Å². The lowest BCUT2D eigenvalue weighted by atomic mass is 10.1. The lowest BCUT2D eigenvalue weighted by molar-refractivity contribution is -0.136. The van der Waals surface area contributed by atoms with Gasteiger partial charge >= 0.3 is 6.18 Å². The average Bonchev–Trinajstić information content (AvgIpc) is 3.39. The smallest absolute Gasteiger partial charge is 0.418 e. The number of amides is 1. The number of hydrogen-bond donors (Lipinski definition) is 2. The summed E-state index contributed by atoms with van der Waals surface area (Å²) < 4.78 is 47.9. The van der Waals surface area contributed by atoms with Crippen LogP contribution in [0.1, 0.15) is 21.5 Å². The number of nitrogens with one attached hydrogen (secondary N) is 2. The fourth-order valence-corrected chi connectivity index (χ4v) is 3.81. The van der Waals surface area contributed by atoms with E-state index in [1.165, 1.54) is 16.8 Å². The highest BCUT2D eigenvalue weighted by Gasteiger charge is 2.34. The molecule has 0 bridgehead atoms. The van der Waals surface area contributed by atoms with Gasteiger partial charge in [0.2, 0.25) is 0 Å². The summed E-state index contributed by atoms with van der Waals surface area (Å²) in [6.07, 6.45) is 0.304. The summed E-state index contributed by atoms with van der Waals surface area (Å²) in [5.74, 6) is 0.0120. The monoisotopic (exact) mass is 539 g/mol. The second-order valence-corrected chi connectivity index (χ2v) is 9.11. The Labute approximate surface area is 223 Å². The molecular formula is C27H28F3N7O2. The van der Waals surface area contributed by atoms with Crippen LogP contribution in [-0.4, -0.2) is 65.1 Å². The van der Waals surface area contributed by atoms with E-state index in [0.29, 0.717) is 35.8 Å². The second-order valence-electron chi connectivity index (χ2n) is 9.11. The summed E-state index contributed by atoms with van der Waals surface area (Å²) >= 11 is 0. The zero-order chi connectivity index (χ0) is 28.2. The van der Waals surface area contributed by atoms with Crippen LogP contribution < -0.4 is 15.4 Å². The third-order valence-corrected chi connectivity index (χ3v) is 5.91. The van der Waals surface area contributed by atoms with Gasteiger partial charge in [-0.3, -0.25) is 9.78 Å². The van der Waals surface area contributed by atoms with Gasteiger partial charge in [0, 0.05) is 41.8 Å². The van der Waals surface area contributed by atoms with Gasteiger partial charge in [-0.1, -0.05) is 11.3 Å². The number of aryl methyl sites for hydroxylation is 1. The van der Waals surface area contributed by atoms with Crippen molar-refractivity contribution >= 4 is 17.3 Å². The topological polar surface area (TPSA) is 97.2 Å². The SMILES string of the molecule is COc1cncc(-c2cn(-c3cc(C(=O)Nc4ccc(NCCN(C)C)c(C(F)(F)F)c4)ccc3C)nn2)c1. The molecule has 0 aliphatic carbocycles.